The van der Waals surface area contributed by atoms with E-state index >= 15 is 0 Å². The van der Waals surface area contributed by atoms with E-state index in [1.54, 1.807) is 0 Å². The lowest BCUT2D eigenvalue weighted by Gasteiger charge is -2.49. The molecule has 7 heteroatoms. The standard InChI is InChI=1S/C7H15NO6/c1-6(13)4(11)3(10)5(12)7(14,2-9)8-6/h3-5,8-14H,2H2,1H3/t3-,4-,5+,6?,7-/m1/s1. The molecule has 0 aromatic carbocycles. The smallest absolute Gasteiger partial charge is 0.170 e. The van der Waals surface area contributed by atoms with E-state index in [1.165, 1.54) is 0 Å². The minimum absolute atomic E-state index is 0.909. The van der Waals surface area contributed by atoms with Crippen LogP contribution in [0.4, 0.5) is 0 Å². The van der Waals surface area contributed by atoms with Crippen LogP contribution < -0.4 is 5.32 Å². The average molecular weight is 209 g/mol. The number of aliphatic hydroxyl groups is 6. The molecule has 0 aromatic heterocycles. The second kappa shape index (κ2) is 3.38. The second-order valence-corrected chi connectivity index (χ2v) is 3.74. The summed E-state index contributed by atoms with van der Waals surface area (Å²) >= 11 is 0. The third-order valence-corrected chi connectivity index (χ3v) is 2.42. The maximum absolute atomic E-state index is 9.53. The fourth-order valence-corrected chi connectivity index (χ4v) is 1.51. The van der Waals surface area contributed by atoms with Crippen molar-refractivity contribution in [2.24, 2.45) is 0 Å². The summed E-state index contributed by atoms with van der Waals surface area (Å²) in [5.74, 6) is 0. The molecule has 5 atom stereocenters. The van der Waals surface area contributed by atoms with E-state index in [0.717, 1.165) is 6.92 Å². The van der Waals surface area contributed by atoms with Crippen LogP contribution in [0.5, 0.6) is 0 Å². The summed E-state index contributed by atoms with van der Waals surface area (Å²) < 4.78 is 0. The molecule has 0 aromatic rings. The lowest BCUT2D eigenvalue weighted by molar-refractivity contribution is -0.277. The van der Waals surface area contributed by atoms with Gasteiger partial charge in [-0.3, -0.25) is 5.32 Å². The fourth-order valence-electron chi connectivity index (χ4n) is 1.51. The Balaban J connectivity index is 2.96. The van der Waals surface area contributed by atoms with Gasteiger partial charge >= 0.3 is 0 Å². The molecule has 1 saturated heterocycles. The maximum atomic E-state index is 9.53. The van der Waals surface area contributed by atoms with Crippen molar-refractivity contribution in [3.63, 3.8) is 0 Å². The second-order valence-electron chi connectivity index (χ2n) is 3.74. The van der Waals surface area contributed by atoms with Crippen molar-refractivity contribution in [1.29, 1.82) is 0 Å². The van der Waals surface area contributed by atoms with Gasteiger partial charge in [0.05, 0.1) is 6.61 Å². The lowest BCUT2D eigenvalue weighted by Crippen LogP contribution is -2.78. The normalized spacial score (nSPS) is 54.6. The molecule has 1 aliphatic rings. The van der Waals surface area contributed by atoms with E-state index in [0.29, 0.717) is 0 Å². The lowest BCUT2D eigenvalue weighted by atomic mass is 9.86. The highest BCUT2D eigenvalue weighted by Crippen LogP contribution is 2.26. The van der Waals surface area contributed by atoms with Gasteiger partial charge in [0.15, 0.2) is 5.72 Å². The maximum Gasteiger partial charge on any atom is 0.170 e. The molecule has 7 N–H and O–H groups in total. The molecule has 1 aliphatic heterocycles. The van der Waals surface area contributed by atoms with Crippen molar-refractivity contribution < 1.29 is 30.6 Å². The van der Waals surface area contributed by atoms with Gasteiger partial charge in [-0.15, -0.1) is 0 Å². The van der Waals surface area contributed by atoms with Crippen molar-refractivity contribution in [2.45, 2.75) is 36.7 Å². The molecule has 84 valence electrons. The highest BCUT2D eigenvalue weighted by molar-refractivity contribution is 5.04. The Morgan fingerprint density at radius 2 is 1.64 bits per heavy atom. The van der Waals surface area contributed by atoms with E-state index in [4.69, 9.17) is 5.11 Å². The molecule has 0 spiro atoms. The fraction of sp³-hybridized carbons (Fsp3) is 1.00. The van der Waals surface area contributed by atoms with Crippen LogP contribution in [-0.4, -0.2) is 67.0 Å². The molecule has 0 amide bonds. The van der Waals surface area contributed by atoms with Gasteiger partial charge < -0.3 is 30.6 Å². The quantitative estimate of drug-likeness (QED) is 0.234. The molecule has 1 rings (SSSR count). The number of hydrogen-bond acceptors (Lipinski definition) is 7. The van der Waals surface area contributed by atoms with E-state index in [9.17, 15) is 25.5 Å². The van der Waals surface area contributed by atoms with Crippen LogP contribution in [0.3, 0.4) is 0 Å². The number of nitrogens with one attached hydrogen (secondary N) is 1. The Labute approximate surface area is 80.2 Å². The van der Waals surface area contributed by atoms with Gasteiger partial charge in [-0.05, 0) is 6.92 Å². The van der Waals surface area contributed by atoms with Gasteiger partial charge in [0, 0.05) is 0 Å². The van der Waals surface area contributed by atoms with Gasteiger partial charge in [-0.2, -0.15) is 0 Å². The number of hydrogen-bond donors (Lipinski definition) is 7. The molecule has 7 nitrogen and oxygen atoms in total. The summed E-state index contributed by atoms with van der Waals surface area (Å²) in [6, 6.07) is 0. The first-order valence-corrected chi connectivity index (χ1v) is 4.14. The third kappa shape index (κ3) is 1.63. The number of piperidine rings is 1. The van der Waals surface area contributed by atoms with E-state index in [2.05, 4.69) is 0 Å². The largest absolute Gasteiger partial charge is 0.392 e. The molecule has 0 saturated carbocycles. The van der Waals surface area contributed by atoms with Gasteiger partial charge in [-0.25, -0.2) is 0 Å². The molecule has 14 heavy (non-hydrogen) atoms. The van der Waals surface area contributed by atoms with Crippen molar-refractivity contribution in [3.8, 4) is 0 Å². The Hall–Kier alpha value is -0.280. The topological polar surface area (TPSA) is 133 Å². The molecule has 1 heterocycles. The van der Waals surface area contributed by atoms with Gasteiger partial charge in [0.25, 0.3) is 0 Å². The number of rotatable bonds is 1. The predicted octanol–water partition coefficient (Wildman–Crippen LogP) is -3.94. The summed E-state index contributed by atoms with van der Waals surface area (Å²) in [5.41, 5.74) is -4.22. The van der Waals surface area contributed by atoms with Gasteiger partial charge in [-0.1, -0.05) is 0 Å². The Kier molecular flexibility index (Phi) is 2.85. The van der Waals surface area contributed by atoms with Crippen molar-refractivity contribution in [2.75, 3.05) is 6.61 Å². The minimum Gasteiger partial charge on any atom is -0.392 e. The van der Waals surface area contributed by atoms with Crippen LogP contribution in [0, 0.1) is 0 Å². The van der Waals surface area contributed by atoms with Crippen molar-refractivity contribution in [3.05, 3.63) is 0 Å². The minimum atomic E-state index is -2.23. The molecule has 0 radical (unpaired) electrons. The Bertz CT molecular complexity index is 222. The van der Waals surface area contributed by atoms with Gasteiger partial charge in [0.1, 0.15) is 24.0 Å². The molecule has 0 bridgehead atoms. The van der Waals surface area contributed by atoms with Crippen LogP contribution in [0.2, 0.25) is 0 Å². The van der Waals surface area contributed by atoms with Crippen LogP contribution in [0.25, 0.3) is 0 Å². The van der Waals surface area contributed by atoms with E-state index < -0.39 is 36.4 Å². The Morgan fingerprint density at radius 3 is 2.07 bits per heavy atom. The van der Waals surface area contributed by atoms with Gasteiger partial charge in [0.2, 0.25) is 0 Å². The summed E-state index contributed by atoms with van der Waals surface area (Å²) in [4.78, 5) is 0. The monoisotopic (exact) mass is 209 g/mol. The number of aliphatic hydroxyl groups excluding tert-OH is 4. The predicted molar refractivity (Wildman–Crippen MR) is 43.8 cm³/mol. The first-order chi connectivity index (χ1) is 6.24. The SMILES string of the molecule is CC1(O)N[C@@](O)(CO)[C@@H](O)[C@H](O)[C@H]1O. The van der Waals surface area contributed by atoms with Crippen LogP contribution in [0.1, 0.15) is 6.92 Å². The highest BCUT2D eigenvalue weighted by Gasteiger charge is 2.55. The molecular weight excluding hydrogens is 194 g/mol. The summed E-state index contributed by atoms with van der Waals surface area (Å²) in [6.45, 7) is 0.196. The average Bonchev–Trinajstić information content (AvgIpc) is 2.11. The molecule has 1 fully saturated rings. The molecule has 1 unspecified atom stereocenters. The summed E-state index contributed by atoms with van der Waals surface area (Å²) in [5, 5.41) is 57.7. The highest BCUT2D eigenvalue weighted by atomic mass is 16.4. The third-order valence-electron chi connectivity index (χ3n) is 2.42. The van der Waals surface area contributed by atoms with Crippen LogP contribution in [-0.2, 0) is 0 Å². The summed E-state index contributed by atoms with van der Waals surface area (Å²) in [6.07, 6.45) is -5.20. The summed E-state index contributed by atoms with van der Waals surface area (Å²) in [7, 11) is 0. The zero-order valence-corrected chi connectivity index (χ0v) is 7.62. The van der Waals surface area contributed by atoms with Crippen LogP contribution >= 0.6 is 0 Å². The van der Waals surface area contributed by atoms with E-state index in [1.807, 2.05) is 5.32 Å². The molecular formula is C7H15NO6. The zero-order chi connectivity index (χ0) is 11.1. The first kappa shape index (κ1) is 11.8. The first-order valence-electron chi connectivity index (χ1n) is 4.14. The van der Waals surface area contributed by atoms with Crippen LogP contribution in [0.15, 0.2) is 0 Å². The zero-order valence-electron chi connectivity index (χ0n) is 7.62. The molecule has 0 aliphatic carbocycles. The van der Waals surface area contributed by atoms with Crippen molar-refractivity contribution in [1.82, 2.24) is 5.32 Å². The Morgan fingerprint density at radius 1 is 1.14 bits per heavy atom. The van der Waals surface area contributed by atoms with E-state index in [-0.39, 0.29) is 0 Å². The van der Waals surface area contributed by atoms with Crippen molar-refractivity contribution >= 4 is 0 Å².